The SMILES string of the molecule is CC1CNCC(C)N1c1ccc(-c2cnc3c(-c4ccc(N)c([SH+](=O)O)c4)cnn3c2)cc1. The molecule has 170 valence electrons. The number of nitrogens with zero attached hydrogens (tertiary/aromatic N) is 4. The van der Waals surface area contributed by atoms with Crippen molar-refractivity contribution in [2.75, 3.05) is 23.7 Å². The Morgan fingerprint density at radius 3 is 2.42 bits per heavy atom. The van der Waals surface area contributed by atoms with Gasteiger partial charge in [0, 0.05) is 60.4 Å². The molecule has 4 aromatic rings. The standard InChI is InChI=1S/C24H26N6O2S/c1-15-10-26-11-16(2)30(15)20-6-3-17(4-7-20)19-12-27-24-21(13-28-29(24)14-19)18-5-8-22(25)23(9-18)33(31)32/h3-9,12-16,26H,10-11,25H2,1-2H3,(H,31,32)/p+1. The number of piperazine rings is 1. The van der Waals surface area contributed by atoms with Crippen LogP contribution in [0.4, 0.5) is 11.4 Å². The molecule has 1 aliphatic heterocycles. The van der Waals surface area contributed by atoms with E-state index >= 15 is 0 Å². The summed E-state index contributed by atoms with van der Waals surface area (Å²) in [6.07, 6.45) is 5.49. The quantitative estimate of drug-likeness (QED) is 0.242. The summed E-state index contributed by atoms with van der Waals surface area (Å²) in [7, 11) is 0. The number of anilines is 2. The predicted molar refractivity (Wildman–Crippen MR) is 133 cm³/mol. The van der Waals surface area contributed by atoms with Crippen LogP contribution in [0.25, 0.3) is 27.9 Å². The van der Waals surface area contributed by atoms with E-state index in [0.717, 1.165) is 35.3 Å². The zero-order valence-corrected chi connectivity index (χ0v) is 19.4. The molecular weight excluding hydrogens is 436 g/mol. The van der Waals surface area contributed by atoms with Gasteiger partial charge in [-0.25, -0.2) is 9.50 Å². The van der Waals surface area contributed by atoms with Crippen LogP contribution in [0.1, 0.15) is 13.8 Å². The van der Waals surface area contributed by atoms with E-state index in [1.807, 2.05) is 12.4 Å². The highest BCUT2D eigenvalue weighted by atomic mass is 32.2. The highest BCUT2D eigenvalue weighted by Crippen LogP contribution is 2.30. The number of rotatable bonds is 4. The van der Waals surface area contributed by atoms with Crippen LogP contribution in [-0.2, 0) is 15.3 Å². The summed E-state index contributed by atoms with van der Waals surface area (Å²) in [5.41, 5.74) is 11.6. The summed E-state index contributed by atoms with van der Waals surface area (Å²) in [6, 6.07) is 14.5. The summed E-state index contributed by atoms with van der Waals surface area (Å²) in [4.78, 5) is 7.32. The van der Waals surface area contributed by atoms with Gasteiger partial charge in [0.05, 0.1) is 11.9 Å². The fourth-order valence-corrected chi connectivity index (χ4v) is 5.12. The molecule has 5 rings (SSSR count). The second-order valence-electron chi connectivity index (χ2n) is 8.53. The molecule has 0 radical (unpaired) electrons. The minimum Gasteiger partial charge on any atom is -0.395 e. The number of hydrogen-bond acceptors (Lipinski definition) is 6. The van der Waals surface area contributed by atoms with Crippen LogP contribution in [0.2, 0.25) is 0 Å². The minimum atomic E-state index is -2.53. The van der Waals surface area contributed by atoms with Crippen LogP contribution in [0.3, 0.4) is 0 Å². The molecule has 2 aromatic carbocycles. The Morgan fingerprint density at radius 1 is 1.03 bits per heavy atom. The average Bonchev–Trinajstić information content (AvgIpc) is 3.23. The van der Waals surface area contributed by atoms with Crippen molar-refractivity contribution in [1.82, 2.24) is 19.9 Å². The van der Waals surface area contributed by atoms with Crippen LogP contribution in [0.15, 0.2) is 66.0 Å². The lowest BCUT2D eigenvalue weighted by Crippen LogP contribution is -2.55. The van der Waals surface area contributed by atoms with E-state index in [4.69, 9.17) is 5.73 Å². The first-order chi connectivity index (χ1) is 15.9. The van der Waals surface area contributed by atoms with Crippen molar-refractivity contribution in [3.05, 3.63) is 61.1 Å². The van der Waals surface area contributed by atoms with Gasteiger partial charge in [-0.05, 0) is 43.2 Å². The van der Waals surface area contributed by atoms with Crippen molar-refractivity contribution < 1.29 is 8.76 Å². The molecule has 0 aliphatic carbocycles. The first-order valence-electron chi connectivity index (χ1n) is 10.9. The largest absolute Gasteiger partial charge is 0.395 e. The summed E-state index contributed by atoms with van der Waals surface area (Å²) >= 11 is -2.53. The Hall–Kier alpha value is -3.27. The summed E-state index contributed by atoms with van der Waals surface area (Å²) in [5.74, 6) is 0. The molecule has 0 amide bonds. The maximum Gasteiger partial charge on any atom is 0.237 e. The van der Waals surface area contributed by atoms with E-state index in [1.165, 1.54) is 5.69 Å². The number of benzene rings is 2. The third-order valence-corrected chi connectivity index (χ3v) is 7.03. The third kappa shape index (κ3) is 3.99. The number of thiol groups is 1. The Morgan fingerprint density at radius 2 is 1.73 bits per heavy atom. The van der Waals surface area contributed by atoms with Gasteiger partial charge in [0.15, 0.2) is 5.65 Å². The fourth-order valence-electron chi connectivity index (χ4n) is 4.57. The van der Waals surface area contributed by atoms with Crippen molar-refractivity contribution in [2.24, 2.45) is 0 Å². The molecule has 3 unspecified atom stereocenters. The van der Waals surface area contributed by atoms with Crippen molar-refractivity contribution in [2.45, 2.75) is 30.8 Å². The van der Waals surface area contributed by atoms with Crippen molar-refractivity contribution >= 4 is 28.1 Å². The molecule has 0 saturated carbocycles. The van der Waals surface area contributed by atoms with Crippen LogP contribution in [0, 0.1) is 0 Å². The van der Waals surface area contributed by atoms with Crippen LogP contribution in [-0.4, -0.2) is 44.3 Å². The molecule has 9 heteroatoms. The highest BCUT2D eigenvalue weighted by Gasteiger charge is 2.24. The summed E-state index contributed by atoms with van der Waals surface area (Å²) < 4.78 is 22.8. The third-order valence-electron chi connectivity index (χ3n) is 6.23. The van der Waals surface area contributed by atoms with Crippen molar-refractivity contribution in [3.63, 3.8) is 0 Å². The zero-order chi connectivity index (χ0) is 23.1. The van der Waals surface area contributed by atoms with Crippen molar-refractivity contribution in [3.8, 4) is 22.3 Å². The molecule has 4 N–H and O–H groups in total. The fraction of sp³-hybridized carbons (Fsp3) is 0.250. The second kappa shape index (κ2) is 8.58. The topological polar surface area (TPSA) is 109 Å². The minimum absolute atomic E-state index is 0.215. The molecule has 2 aromatic heterocycles. The first kappa shape index (κ1) is 21.6. The monoisotopic (exact) mass is 463 g/mol. The molecule has 8 nitrogen and oxygen atoms in total. The van der Waals surface area contributed by atoms with E-state index < -0.39 is 11.1 Å². The number of aromatic nitrogens is 3. The van der Waals surface area contributed by atoms with Crippen molar-refractivity contribution in [1.29, 1.82) is 0 Å². The molecule has 3 heterocycles. The van der Waals surface area contributed by atoms with E-state index in [0.29, 0.717) is 23.4 Å². The van der Waals surface area contributed by atoms with Crippen LogP contribution < -0.4 is 16.0 Å². The van der Waals surface area contributed by atoms with Gasteiger partial charge in [-0.2, -0.15) is 9.65 Å². The second-order valence-corrected chi connectivity index (χ2v) is 9.55. The lowest BCUT2D eigenvalue weighted by atomic mass is 10.0. The number of nitrogen functional groups attached to an aromatic ring is 1. The van der Waals surface area contributed by atoms with Gasteiger partial charge in [-0.1, -0.05) is 22.4 Å². The van der Waals surface area contributed by atoms with E-state index in [1.54, 1.807) is 28.9 Å². The van der Waals surface area contributed by atoms with Gasteiger partial charge >= 0.3 is 0 Å². The highest BCUT2D eigenvalue weighted by molar-refractivity contribution is 7.79. The number of nitrogens with two attached hydrogens (primary N) is 1. The van der Waals surface area contributed by atoms with Crippen LogP contribution >= 0.6 is 0 Å². The Balaban J connectivity index is 1.45. The van der Waals surface area contributed by atoms with E-state index in [2.05, 4.69) is 58.4 Å². The van der Waals surface area contributed by atoms with Gasteiger partial charge in [-0.3, -0.25) is 0 Å². The number of nitrogens with one attached hydrogen (secondary N) is 1. The summed E-state index contributed by atoms with van der Waals surface area (Å²) in [5, 5.41) is 7.93. The van der Waals surface area contributed by atoms with E-state index in [9.17, 15) is 8.76 Å². The Labute approximate surface area is 194 Å². The molecular formula is C24H27N6O2S+. The lowest BCUT2D eigenvalue weighted by molar-refractivity contribution is 0.432. The molecule has 0 spiro atoms. The first-order valence-corrected chi connectivity index (χ1v) is 12.1. The molecule has 3 atom stereocenters. The zero-order valence-electron chi connectivity index (χ0n) is 18.5. The predicted octanol–water partition coefficient (Wildman–Crippen LogP) is 3.36. The van der Waals surface area contributed by atoms with Gasteiger partial charge in [-0.15, -0.1) is 0 Å². The molecule has 1 aliphatic rings. The number of hydrogen-bond donors (Lipinski definition) is 3. The van der Waals surface area contributed by atoms with Crippen LogP contribution in [0.5, 0.6) is 0 Å². The Kier molecular flexibility index (Phi) is 5.61. The maximum atomic E-state index is 11.6. The normalized spacial score (nSPS) is 19.7. The average molecular weight is 464 g/mol. The van der Waals surface area contributed by atoms with Gasteiger partial charge < -0.3 is 16.0 Å². The molecule has 0 bridgehead atoms. The van der Waals surface area contributed by atoms with E-state index in [-0.39, 0.29) is 4.90 Å². The maximum absolute atomic E-state index is 11.6. The molecule has 1 fully saturated rings. The van der Waals surface area contributed by atoms with Gasteiger partial charge in [0.2, 0.25) is 16.0 Å². The number of fused-ring (bicyclic) bond motifs is 1. The van der Waals surface area contributed by atoms with Gasteiger partial charge in [0.25, 0.3) is 0 Å². The Bertz CT molecular complexity index is 1330. The smallest absolute Gasteiger partial charge is 0.237 e. The molecule has 33 heavy (non-hydrogen) atoms. The summed E-state index contributed by atoms with van der Waals surface area (Å²) in [6.45, 7) is 6.45. The molecule has 1 saturated heterocycles. The van der Waals surface area contributed by atoms with Gasteiger partial charge in [0.1, 0.15) is 0 Å². The lowest BCUT2D eigenvalue weighted by Gasteiger charge is -2.41.